The Morgan fingerprint density at radius 2 is 1.81 bits per heavy atom. The van der Waals surface area contributed by atoms with Crippen molar-refractivity contribution in [2.75, 3.05) is 45.9 Å². The number of carbonyl (C=O) groups is 1. The average molecular weight is 361 g/mol. The molecule has 0 aliphatic carbocycles. The van der Waals surface area contributed by atoms with Gasteiger partial charge in [-0.05, 0) is 49.4 Å². The lowest BCUT2D eigenvalue weighted by Crippen LogP contribution is -2.57. The summed E-state index contributed by atoms with van der Waals surface area (Å²) in [6.07, 6.45) is 3.39. The van der Waals surface area contributed by atoms with Gasteiger partial charge in [-0.1, -0.05) is 12.1 Å². The van der Waals surface area contributed by atoms with E-state index >= 15 is 0 Å². The Morgan fingerprint density at radius 1 is 1.04 bits per heavy atom. The van der Waals surface area contributed by atoms with Crippen molar-refractivity contribution in [3.05, 3.63) is 35.6 Å². The number of hydrogen-bond donors (Lipinski definition) is 0. The van der Waals surface area contributed by atoms with Gasteiger partial charge in [-0.3, -0.25) is 4.90 Å². The van der Waals surface area contributed by atoms with E-state index in [1.165, 1.54) is 18.4 Å². The highest BCUT2D eigenvalue weighted by molar-refractivity contribution is 5.74. The molecule has 2 amide bonds. The summed E-state index contributed by atoms with van der Waals surface area (Å²) >= 11 is 0. The number of carbonyl (C=O) groups excluding carboxylic acids is 1. The largest absolute Gasteiger partial charge is 0.378 e. The molecule has 1 aromatic rings. The topological polar surface area (TPSA) is 36.0 Å². The Kier molecular flexibility index (Phi) is 5.41. The summed E-state index contributed by atoms with van der Waals surface area (Å²) in [5, 5.41) is 0. The average Bonchev–Trinajstić information content (AvgIpc) is 2.69. The van der Waals surface area contributed by atoms with Gasteiger partial charge >= 0.3 is 6.03 Å². The van der Waals surface area contributed by atoms with Crippen LogP contribution in [0.3, 0.4) is 0 Å². The maximum absolute atomic E-state index is 13.1. The van der Waals surface area contributed by atoms with E-state index in [1.807, 2.05) is 21.9 Å². The number of urea groups is 1. The number of piperidine rings is 2. The lowest BCUT2D eigenvalue weighted by Gasteiger charge is -2.48. The summed E-state index contributed by atoms with van der Waals surface area (Å²) < 4.78 is 18.5. The minimum atomic E-state index is -0.180. The van der Waals surface area contributed by atoms with Crippen LogP contribution in [0.4, 0.5) is 9.18 Å². The van der Waals surface area contributed by atoms with Crippen LogP contribution in [0.2, 0.25) is 0 Å². The number of rotatable bonds is 2. The maximum atomic E-state index is 13.1. The van der Waals surface area contributed by atoms with Gasteiger partial charge in [0.25, 0.3) is 0 Å². The highest BCUT2D eigenvalue weighted by atomic mass is 19.1. The molecule has 6 heteroatoms. The van der Waals surface area contributed by atoms with Crippen molar-refractivity contribution in [1.29, 1.82) is 0 Å². The van der Waals surface area contributed by atoms with Gasteiger partial charge in [-0.2, -0.15) is 0 Å². The van der Waals surface area contributed by atoms with E-state index in [0.717, 1.165) is 32.6 Å². The van der Waals surface area contributed by atoms with E-state index in [1.54, 1.807) is 12.1 Å². The van der Waals surface area contributed by atoms with Gasteiger partial charge in [0.1, 0.15) is 5.82 Å². The maximum Gasteiger partial charge on any atom is 0.320 e. The van der Waals surface area contributed by atoms with Gasteiger partial charge in [0.15, 0.2) is 0 Å². The molecule has 142 valence electrons. The molecule has 0 radical (unpaired) electrons. The summed E-state index contributed by atoms with van der Waals surface area (Å²) in [4.78, 5) is 19.3. The molecule has 1 aromatic carbocycles. The molecule has 0 spiro atoms. The van der Waals surface area contributed by atoms with Crippen molar-refractivity contribution >= 4 is 6.03 Å². The first-order chi connectivity index (χ1) is 12.7. The molecule has 3 aliphatic heterocycles. The first kappa shape index (κ1) is 17.7. The molecule has 3 aliphatic rings. The number of ether oxygens (including phenoxy) is 1. The summed E-state index contributed by atoms with van der Waals surface area (Å²) in [6, 6.07) is 7.57. The van der Waals surface area contributed by atoms with Crippen LogP contribution in [0, 0.1) is 11.7 Å². The summed E-state index contributed by atoms with van der Waals surface area (Å²) in [5.41, 5.74) is 1.17. The van der Waals surface area contributed by atoms with E-state index < -0.39 is 0 Å². The zero-order valence-corrected chi connectivity index (χ0v) is 15.3. The van der Waals surface area contributed by atoms with Crippen LogP contribution >= 0.6 is 0 Å². The van der Waals surface area contributed by atoms with Crippen molar-refractivity contribution in [3.8, 4) is 0 Å². The Balaban J connectivity index is 1.37. The molecule has 0 bridgehead atoms. The number of benzene rings is 1. The monoisotopic (exact) mass is 361 g/mol. The molecule has 0 N–H and O–H groups in total. The SMILES string of the molecule is O=C(N1CCOCC1)N1CC[C@H]2[C@H](CCCN2Cc2ccc(F)cc2)C1. The Bertz CT molecular complexity index is 618. The van der Waals surface area contributed by atoms with Crippen LogP contribution in [-0.2, 0) is 11.3 Å². The molecule has 0 saturated carbocycles. The molecule has 3 fully saturated rings. The lowest BCUT2D eigenvalue weighted by molar-refractivity contribution is 0.0104. The Labute approximate surface area is 154 Å². The number of hydrogen-bond acceptors (Lipinski definition) is 3. The van der Waals surface area contributed by atoms with E-state index in [2.05, 4.69) is 4.90 Å². The van der Waals surface area contributed by atoms with E-state index in [9.17, 15) is 9.18 Å². The summed E-state index contributed by atoms with van der Waals surface area (Å²) in [6.45, 7) is 6.38. The number of morpholine rings is 1. The molecule has 26 heavy (non-hydrogen) atoms. The molecular formula is C20H28FN3O2. The first-order valence-electron chi connectivity index (χ1n) is 9.81. The molecule has 3 saturated heterocycles. The third-order valence-electron chi connectivity index (χ3n) is 6.03. The highest BCUT2D eigenvalue weighted by Crippen LogP contribution is 2.32. The van der Waals surface area contributed by atoms with Gasteiger partial charge in [-0.25, -0.2) is 9.18 Å². The van der Waals surface area contributed by atoms with E-state index in [4.69, 9.17) is 4.74 Å². The van der Waals surface area contributed by atoms with Gasteiger partial charge in [0.2, 0.25) is 0 Å². The fourth-order valence-corrected chi connectivity index (χ4v) is 4.66. The predicted molar refractivity (Wildman–Crippen MR) is 97.3 cm³/mol. The van der Waals surface area contributed by atoms with Crippen molar-refractivity contribution in [2.24, 2.45) is 5.92 Å². The van der Waals surface area contributed by atoms with Crippen LogP contribution in [0.25, 0.3) is 0 Å². The molecule has 5 nitrogen and oxygen atoms in total. The molecule has 0 aromatic heterocycles. The third kappa shape index (κ3) is 3.86. The van der Waals surface area contributed by atoms with Crippen LogP contribution in [0.5, 0.6) is 0 Å². The Hall–Kier alpha value is -1.66. The van der Waals surface area contributed by atoms with Crippen LogP contribution in [0.1, 0.15) is 24.8 Å². The fraction of sp³-hybridized carbons (Fsp3) is 0.650. The predicted octanol–water partition coefficient (Wildman–Crippen LogP) is 2.56. The van der Waals surface area contributed by atoms with Crippen LogP contribution in [-0.4, -0.2) is 72.7 Å². The van der Waals surface area contributed by atoms with Gasteiger partial charge < -0.3 is 14.5 Å². The first-order valence-corrected chi connectivity index (χ1v) is 9.81. The highest BCUT2D eigenvalue weighted by Gasteiger charge is 2.38. The zero-order valence-electron chi connectivity index (χ0n) is 15.3. The number of nitrogens with zero attached hydrogens (tertiary/aromatic N) is 3. The molecule has 0 unspecified atom stereocenters. The van der Waals surface area contributed by atoms with Crippen molar-refractivity contribution in [1.82, 2.24) is 14.7 Å². The summed E-state index contributed by atoms with van der Waals surface area (Å²) in [7, 11) is 0. The number of likely N-dealkylation sites (tertiary alicyclic amines) is 2. The molecule has 4 rings (SSSR count). The second-order valence-electron chi connectivity index (χ2n) is 7.68. The van der Waals surface area contributed by atoms with E-state index in [0.29, 0.717) is 38.3 Å². The second kappa shape index (κ2) is 7.92. The quantitative estimate of drug-likeness (QED) is 0.812. The standard InChI is InChI=1S/C20H28FN3O2/c21-18-5-3-16(4-6-18)14-23-8-1-2-17-15-24(9-7-19(17)23)20(25)22-10-12-26-13-11-22/h3-6,17,19H,1-2,7-15H2/t17-,19+/m1/s1. The second-order valence-corrected chi connectivity index (χ2v) is 7.68. The molecule has 3 heterocycles. The minimum absolute atomic E-state index is 0.180. The zero-order chi connectivity index (χ0) is 17.9. The minimum Gasteiger partial charge on any atom is -0.378 e. The Morgan fingerprint density at radius 3 is 2.58 bits per heavy atom. The third-order valence-corrected chi connectivity index (χ3v) is 6.03. The van der Waals surface area contributed by atoms with Gasteiger partial charge in [0.05, 0.1) is 13.2 Å². The molecular weight excluding hydrogens is 333 g/mol. The van der Waals surface area contributed by atoms with Crippen molar-refractivity contribution in [2.45, 2.75) is 31.8 Å². The van der Waals surface area contributed by atoms with Gasteiger partial charge in [-0.15, -0.1) is 0 Å². The fourth-order valence-electron chi connectivity index (χ4n) is 4.66. The van der Waals surface area contributed by atoms with Crippen molar-refractivity contribution in [3.63, 3.8) is 0 Å². The number of amides is 2. The normalized spacial score (nSPS) is 27.3. The van der Waals surface area contributed by atoms with Crippen molar-refractivity contribution < 1.29 is 13.9 Å². The van der Waals surface area contributed by atoms with Gasteiger partial charge in [0, 0.05) is 38.8 Å². The van der Waals surface area contributed by atoms with Crippen LogP contribution in [0.15, 0.2) is 24.3 Å². The number of halogens is 1. The lowest BCUT2D eigenvalue weighted by atomic mass is 9.83. The number of fused-ring (bicyclic) bond motifs is 1. The van der Waals surface area contributed by atoms with Crippen LogP contribution < -0.4 is 0 Å². The van der Waals surface area contributed by atoms with E-state index in [-0.39, 0.29) is 11.8 Å². The smallest absolute Gasteiger partial charge is 0.320 e. The molecule has 2 atom stereocenters. The summed E-state index contributed by atoms with van der Waals surface area (Å²) in [5.74, 6) is 0.364.